The van der Waals surface area contributed by atoms with Crippen LogP contribution in [-0.2, 0) is 0 Å². The van der Waals surface area contributed by atoms with E-state index in [1.165, 1.54) is 4.52 Å². The zero-order valence-electron chi connectivity index (χ0n) is 15.7. The van der Waals surface area contributed by atoms with Crippen LogP contribution in [0, 0.1) is 0 Å². The first-order valence-electron chi connectivity index (χ1n) is 9.22. The number of aromatic amines is 1. The molecule has 12 heteroatoms. The summed E-state index contributed by atoms with van der Waals surface area (Å²) >= 11 is 3.54. The predicted molar refractivity (Wildman–Crippen MR) is 109 cm³/mol. The smallest absolute Gasteiger partial charge is 0.259 e. The Morgan fingerprint density at radius 3 is 2.72 bits per heavy atom. The van der Waals surface area contributed by atoms with Crippen molar-refractivity contribution in [1.29, 1.82) is 0 Å². The Bertz CT molecular complexity index is 1130. The second kappa shape index (κ2) is 7.12. The van der Waals surface area contributed by atoms with Crippen LogP contribution in [-0.4, -0.2) is 65.8 Å². The van der Waals surface area contributed by atoms with E-state index in [1.54, 1.807) is 18.4 Å². The van der Waals surface area contributed by atoms with Crippen molar-refractivity contribution in [2.24, 2.45) is 0 Å². The monoisotopic (exact) mass is 458 g/mol. The van der Waals surface area contributed by atoms with Gasteiger partial charge in [0.25, 0.3) is 5.78 Å². The van der Waals surface area contributed by atoms with Crippen molar-refractivity contribution >= 4 is 33.6 Å². The van der Waals surface area contributed by atoms with Crippen LogP contribution in [0.4, 0.5) is 11.9 Å². The van der Waals surface area contributed by atoms with E-state index in [0.717, 1.165) is 36.3 Å². The number of hydrogen-bond acceptors (Lipinski definition) is 9. The first-order chi connectivity index (χ1) is 14.1. The molecule has 0 amide bonds. The summed E-state index contributed by atoms with van der Waals surface area (Å²) in [5, 5.41) is 11.6. The minimum absolute atomic E-state index is 0.207. The molecular weight excluding hydrogens is 440 g/mol. The number of fused-ring (bicyclic) bond motifs is 1. The van der Waals surface area contributed by atoms with E-state index in [-0.39, 0.29) is 12.0 Å². The number of furan rings is 1. The van der Waals surface area contributed by atoms with E-state index < -0.39 is 0 Å². The largest absolute Gasteiger partial charge is 0.461 e. The number of piperazine rings is 1. The first-order valence-corrected chi connectivity index (χ1v) is 10.0. The number of rotatable bonds is 4. The van der Waals surface area contributed by atoms with Gasteiger partial charge in [-0.3, -0.25) is 10.00 Å². The molecule has 1 fully saturated rings. The normalized spacial score (nSPS) is 16.6. The summed E-state index contributed by atoms with van der Waals surface area (Å²) in [6.45, 7) is 5.43. The summed E-state index contributed by atoms with van der Waals surface area (Å²) < 4.78 is 7.77. The van der Waals surface area contributed by atoms with Gasteiger partial charge in [-0.15, -0.1) is 5.10 Å². The molecule has 5 heterocycles. The molecule has 1 unspecified atom stereocenters. The number of nitrogens with two attached hydrogens (primary N) is 1. The van der Waals surface area contributed by atoms with Crippen molar-refractivity contribution < 1.29 is 4.42 Å². The first kappa shape index (κ1) is 18.1. The van der Waals surface area contributed by atoms with E-state index in [0.29, 0.717) is 23.3 Å². The molecule has 4 aromatic rings. The third kappa shape index (κ3) is 3.23. The number of aromatic nitrogens is 7. The molecule has 1 atom stereocenters. The second-order valence-corrected chi connectivity index (χ2v) is 7.68. The summed E-state index contributed by atoms with van der Waals surface area (Å²) in [4.78, 5) is 17.9. The number of hydrogen-bond donors (Lipinski definition) is 2. The van der Waals surface area contributed by atoms with E-state index in [2.05, 4.69) is 62.9 Å². The van der Waals surface area contributed by atoms with Gasteiger partial charge in [-0.1, -0.05) is 0 Å². The van der Waals surface area contributed by atoms with Crippen LogP contribution in [0.5, 0.6) is 0 Å². The van der Waals surface area contributed by atoms with Crippen molar-refractivity contribution in [3.63, 3.8) is 0 Å². The molecule has 0 aromatic carbocycles. The maximum absolute atomic E-state index is 6.11. The van der Waals surface area contributed by atoms with Crippen molar-refractivity contribution in [3.8, 4) is 11.6 Å². The topological polar surface area (TPSA) is 130 Å². The van der Waals surface area contributed by atoms with Gasteiger partial charge < -0.3 is 15.1 Å². The van der Waals surface area contributed by atoms with Gasteiger partial charge >= 0.3 is 0 Å². The molecule has 1 aliphatic rings. The molecule has 150 valence electrons. The van der Waals surface area contributed by atoms with Crippen molar-refractivity contribution in [2.45, 2.75) is 13.0 Å². The molecule has 3 N–H and O–H groups in total. The molecule has 1 aliphatic heterocycles. The Hall–Kier alpha value is -2.99. The highest BCUT2D eigenvalue weighted by Gasteiger charge is 2.26. The number of anilines is 2. The maximum Gasteiger partial charge on any atom is 0.259 e. The average molecular weight is 459 g/mol. The zero-order chi connectivity index (χ0) is 20.0. The van der Waals surface area contributed by atoms with Crippen LogP contribution in [0.25, 0.3) is 17.4 Å². The fourth-order valence-electron chi connectivity index (χ4n) is 3.51. The van der Waals surface area contributed by atoms with Crippen molar-refractivity contribution in [1.82, 2.24) is 39.7 Å². The second-order valence-electron chi connectivity index (χ2n) is 6.82. The Morgan fingerprint density at radius 1 is 1.21 bits per heavy atom. The van der Waals surface area contributed by atoms with Crippen molar-refractivity contribution in [3.05, 3.63) is 34.8 Å². The van der Waals surface area contributed by atoms with E-state index >= 15 is 0 Å². The Balaban J connectivity index is 1.35. The minimum atomic E-state index is 0.207. The fourth-order valence-corrected chi connectivity index (χ4v) is 4.03. The zero-order valence-corrected chi connectivity index (χ0v) is 17.2. The lowest BCUT2D eigenvalue weighted by molar-refractivity contribution is 0.194. The average Bonchev–Trinajstić information content (AvgIpc) is 3.47. The fraction of sp³-hybridized carbons (Fsp3) is 0.353. The summed E-state index contributed by atoms with van der Waals surface area (Å²) in [5.41, 5.74) is 7.12. The molecule has 5 rings (SSSR count). The van der Waals surface area contributed by atoms with E-state index in [1.807, 2.05) is 6.20 Å². The van der Waals surface area contributed by atoms with E-state index in [9.17, 15) is 0 Å². The molecule has 29 heavy (non-hydrogen) atoms. The molecule has 0 radical (unpaired) electrons. The lowest BCUT2D eigenvalue weighted by atomic mass is 10.2. The lowest BCUT2D eigenvalue weighted by Crippen LogP contribution is -2.48. The Kier molecular flexibility index (Phi) is 4.43. The van der Waals surface area contributed by atoms with Crippen LogP contribution in [0.3, 0.4) is 0 Å². The molecule has 0 spiro atoms. The van der Waals surface area contributed by atoms with E-state index in [4.69, 9.17) is 10.2 Å². The highest BCUT2D eigenvalue weighted by atomic mass is 79.9. The molecule has 0 bridgehead atoms. The molecule has 11 nitrogen and oxygen atoms in total. The standard InChI is InChI=1S/C17H19BrN10O/c1-10(13-11(18)9-20-24-13)26-4-6-27(7-5-26)16-22-15(19)28-17(23-16)21-14(25-28)12-3-2-8-29-12/h2-3,8-10H,4-7H2,1H3,(H,20,24)(H2,19,21,22,23,25). The van der Waals surface area contributed by atoms with Gasteiger partial charge in [0.2, 0.25) is 17.7 Å². The van der Waals surface area contributed by atoms with Gasteiger partial charge in [-0.05, 0) is 35.0 Å². The van der Waals surface area contributed by atoms with Crippen LogP contribution in [0.1, 0.15) is 18.7 Å². The number of nitrogen functional groups attached to an aromatic ring is 1. The van der Waals surface area contributed by atoms with Crippen LogP contribution < -0.4 is 10.6 Å². The van der Waals surface area contributed by atoms with Crippen LogP contribution in [0.2, 0.25) is 0 Å². The lowest BCUT2D eigenvalue weighted by Gasteiger charge is -2.37. The summed E-state index contributed by atoms with van der Waals surface area (Å²) in [7, 11) is 0. The highest BCUT2D eigenvalue weighted by Crippen LogP contribution is 2.27. The third-order valence-corrected chi connectivity index (χ3v) is 5.76. The SMILES string of the molecule is CC(c1n[nH]cc1Br)N1CCN(c2nc(N)n3nc(-c4ccco4)nc3n2)CC1. The quantitative estimate of drug-likeness (QED) is 0.469. The molecular formula is C17H19BrN10O. The van der Waals surface area contributed by atoms with Gasteiger partial charge in [0, 0.05) is 32.4 Å². The third-order valence-electron chi connectivity index (χ3n) is 5.12. The molecule has 4 aromatic heterocycles. The summed E-state index contributed by atoms with van der Waals surface area (Å²) in [6, 6.07) is 3.78. The molecule has 0 aliphatic carbocycles. The number of nitrogens with zero attached hydrogens (tertiary/aromatic N) is 8. The van der Waals surface area contributed by atoms with Gasteiger partial charge in [-0.2, -0.15) is 24.6 Å². The van der Waals surface area contributed by atoms with Gasteiger partial charge in [0.1, 0.15) is 0 Å². The van der Waals surface area contributed by atoms with Crippen LogP contribution in [0.15, 0.2) is 33.5 Å². The summed E-state index contributed by atoms with van der Waals surface area (Å²) in [6.07, 6.45) is 3.42. The number of nitrogens with one attached hydrogen (secondary N) is 1. The van der Waals surface area contributed by atoms with Crippen LogP contribution >= 0.6 is 15.9 Å². The van der Waals surface area contributed by atoms with Gasteiger partial charge in [-0.25, -0.2) is 0 Å². The number of H-pyrrole nitrogens is 1. The Labute approximate surface area is 174 Å². The predicted octanol–water partition coefficient (Wildman–Crippen LogP) is 1.73. The molecule has 1 saturated heterocycles. The molecule has 0 saturated carbocycles. The van der Waals surface area contributed by atoms with Gasteiger partial charge in [0.05, 0.1) is 22.5 Å². The summed E-state index contributed by atoms with van der Waals surface area (Å²) in [5.74, 6) is 2.18. The maximum atomic E-state index is 6.11. The highest BCUT2D eigenvalue weighted by molar-refractivity contribution is 9.10. The number of halogens is 1. The van der Waals surface area contributed by atoms with Crippen molar-refractivity contribution in [2.75, 3.05) is 36.8 Å². The minimum Gasteiger partial charge on any atom is -0.461 e. The van der Waals surface area contributed by atoms with Gasteiger partial charge in [0.15, 0.2) is 5.76 Å². The Morgan fingerprint density at radius 2 is 2.03 bits per heavy atom.